The van der Waals surface area contributed by atoms with Crippen LogP contribution in [0.15, 0.2) is 29.2 Å². The predicted molar refractivity (Wildman–Crippen MR) is 110 cm³/mol. The van der Waals surface area contributed by atoms with E-state index in [4.69, 9.17) is 4.74 Å². The summed E-state index contributed by atoms with van der Waals surface area (Å²) < 4.78 is 29.8. The van der Waals surface area contributed by atoms with E-state index in [1.807, 2.05) is 11.8 Å². The zero-order chi connectivity index (χ0) is 21.4. The zero-order valence-electron chi connectivity index (χ0n) is 17.7. The molecule has 2 fully saturated rings. The van der Waals surface area contributed by atoms with Crippen molar-refractivity contribution in [2.45, 2.75) is 64.3 Å². The Balaban J connectivity index is 1.50. The molecule has 1 amide bonds. The summed E-state index contributed by atoms with van der Waals surface area (Å²) in [5.41, 5.74) is 1.28. The van der Waals surface area contributed by atoms with Gasteiger partial charge in [-0.05, 0) is 49.1 Å². The molecule has 29 heavy (non-hydrogen) atoms. The van der Waals surface area contributed by atoms with Gasteiger partial charge in [-0.2, -0.15) is 0 Å². The Kier molecular flexibility index (Phi) is 5.82. The second-order valence-electron chi connectivity index (χ2n) is 9.78. The minimum Gasteiger partial charge on any atom is -0.456 e. The molecule has 1 heterocycles. The van der Waals surface area contributed by atoms with Gasteiger partial charge in [0.25, 0.3) is 5.91 Å². The number of fused-ring (bicyclic) bond motifs is 2. The lowest BCUT2D eigenvalue weighted by atomic mass is 9.65. The first-order valence-electron chi connectivity index (χ1n) is 10.1. The molecule has 0 N–H and O–H groups in total. The maximum absolute atomic E-state index is 12.6. The van der Waals surface area contributed by atoms with Gasteiger partial charge in [0.15, 0.2) is 16.4 Å². The monoisotopic (exact) mass is 421 g/mol. The van der Waals surface area contributed by atoms with Crippen LogP contribution in [0.1, 0.15) is 52.0 Å². The molecule has 1 aliphatic carbocycles. The highest BCUT2D eigenvalue weighted by atomic mass is 32.2. The van der Waals surface area contributed by atoms with Gasteiger partial charge >= 0.3 is 5.97 Å². The number of carbonyl (C=O) groups excluding carboxylic acids is 2. The minimum absolute atomic E-state index is 0.119. The van der Waals surface area contributed by atoms with Gasteiger partial charge in [-0.15, -0.1) is 0 Å². The average Bonchev–Trinajstić information content (AvgIpc) is 2.87. The van der Waals surface area contributed by atoms with Crippen molar-refractivity contribution in [2.75, 3.05) is 18.9 Å². The fourth-order valence-electron chi connectivity index (χ4n) is 5.13. The standard InChI is InChI=1S/C22H31NO5S/c1-16-5-7-18(8-6-16)29(26,27)10-9-20(25)28-13-19(24)23-15-22(4)12-17(23)11-21(2,3)14-22/h5-8,17H,9-15H2,1-4H3. The Morgan fingerprint density at radius 3 is 2.45 bits per heavy atom. The third kappa shape index (κ3) is 5.18. The molecule has 0 radical (unpaired) electrons. The van der Waals surface area contributed by atoms with E-state index in [-0.39, 0.29) is 46.5 Å². The summed E-state index contributed by atoms with van der Waals surface area (Å²) in [6.07, 6.45) is 2.76. The van der Waals surface area contributed by atoms with Crippen molar-refractivity contribution < 1.29 is 22.7 Å². The maximum atomic E-state index is 12.6. The van der Waals surface area contributed by atoms with Crippen LogP contribution in [-0.4, -0.2) is 50.1 Å². The summed E-state index contributed by atoms with van der Waals surface area (Å²) in [5.74, 6) is -1.18. The highest BCUT2D eigenvalue weighted by molar-refractivity contribution is 7.91. The normalized spacial score (nSPS) is 25.7. The molecular weight excluding hydrogens is 390 g/mol. The Labute approximate surface area is 173 Å². The lowest BCUT2D eigenvalue weighted by Gasteiger charge is -2.39. The van der Waals surface area contributed by atoms with Gasteiger partial charge in [0, 0.05) is 12.6 Å². The fourth-order valence-corrected chi connectivity index (χ4v) is 6.35. The van der Waals surface area contributed by atoms with Crippen molar-refractivity contribution in [2.24, 2.45) is 10.8 Å². The molecule has 7 heteroatoms. The van der Waals surface area contributed by atoms with E-state index in [1.54, 1.807) is 12.1 Å². The molecule has 1 aromatic rings. The Hall–Kier alpha value is -1.89. The smallest absolute Gasteiger partial charge is 0.307 e. The number of rotatable bonds is 6. The van der Waals surface area contributed by atoms with E-state index in [2.05, 4.69) is 20.8 Å². The first-order valence-corrected chi connectivity index (χ1v) is 11.8. The number of benzene rings is 1. The highest BCUT2D eigenvalue weighted by Gasteiger charge is 2.50. The third-order valence-electron chi connectivity index (χ3n) is 6.05. The third-order valence-corrected chi connectivity index (χ3v) is 7.78. The van der Waals surface area contributed by atoms with Crippen LogP contribution >= 0.6 is 0 Å². The first-order chi connectivity index (χ1) is 13.4. The molecule has 6 nitrogen and oxygen atoms in total. The summed E-state index contributed by atoms with van der Waals surface area (Å²) in [6, 6.07) is 6.70. The van der Waals surface area contributed by atoms with Crippen LogP contribution in [0.5, 0.6) is 0 Å². The summed E-state index contributed by atoms with van der Waals surface area (Å²) in [5, 5.41) is 0. The first kappa shape index (κ1) is 21.8. The average molecular weight is 422 g/mol. The number of likely N-dealkylation sites (tertiary alicyclic amines) is 1. The Bertz CT molecular complexity index is 890. The molecule has 1 aromatic carbocycles. The van der Waals surface area contributed by atoms with Crippen LogP contribution in [0.25, 0.3) is 0 Å². The summed E-state index contributed by atoms with van der Waals surface area (Å²) in [6.45, 7) is 8.94. The highest BCUT2D eigenvalue weighted by Crippen LogP contribution is 2.52. The largest absolute Gasteiger partial charge is 0.456 e. The molecule has 2 aliphatic rings. The summed E-state index contributed by atoms with van der Waals surface area (Å²) in [4.78, 5) is 26.7. The fraction of sp³-hybridized carbons (Fsp3) is 0.636. The molecule has 2 unspecified atom stereocenters. The van der Waals surface area contributed by atoms with E-state index < -0.39 is 15.8 Å². The Morgan fingerprint density at radius 1 is 1.14 bits per heavy atom. The van der Waals surface area contributed by atoms with Crippen LogP contribution in [-0.2, 0) is 24.2 Å². The molecular formula is C22H31NO5S. The van der Waals surface area contributed by atoms with Crippen molar-refractivity contribution in [3.8, 4) is 0 Å². The molecule has 1 saturated carbocycles. The number of aryl methyl sites for hydroxylation is 1. The Morgan fingerprint density at radius 2 is 1.79 bits per heavy atom. The van der Waals surface area contributed by atoms with Crippen LogP contribution in [0, 0.1) is 17.8 Å². The van der Waals surface area contributed by atoms with Gasteiger partial charge in [-0.3, -0.25) is 9.59 Å². The van der Waals surface area contributed by atoms with Gasteiger partial charge < -0.3 is 9.64 Å². The quantitative estimate of drug-likeness (QED) is 0.659. The molecule has 0 spiro atoms. The topological polar surface area (TPSA) is 80.7 Å². The number of carbonyl (C=O) groups is 2. The molecule has 0 aromatic heterocycles. The van der Waals surface area contributed by atoms with Crippen molar-refractivity contribution in [1.29, 1.82) is 0 Å². The van der Waals surface area contributed by atoms with Gasteiger partial charge in [-0.1, -0.05) is 38.5 Å². The number of esters is 1. The summed E-state index contributed by atoms with van der Waals surface area (Å²) >= 11 is 0. The van der Waals surface area contributed by atoms with Gasteiger partial charge in [-0.25, -0.2) is 8.42 Å². The lowest BCUT2D eigenvalue weighted by molar-refractivity contribution is -0.152. The number of hydrogen-bond donors (Lipinski definition) is 0. The van der Waals surface area contributed by atoms with Gasteiger partial charge in [0.2, 0.25) is 0 Å². The lowest BCUT2D eigenvalue weighted by Crippen LogP contribution is -2.39. The van der Waals surface area contributed by atoms with Crippen molar-refractivity contribution in [3.05, 3.63) is 29.8 Å². The second-order valence-corrected chi connectivity index (χ2v) is 11.9. The number of nitrogens with zero attached hydrogens (tertiary/aromatic N) is 1. The molecule has 1 saturated heterocycles. The maximum Gasteiger partial charge on any atom is 0.307 e. The number of hydrogen-bond acceptors (Lipinski definition) is 5. The second kappa shape index (κ2) is 7.74. The van der Waals surface area contributed by atoms with E-state index in [0.29, 0.717) is 6.54 Å². The SMILES string of the molecule is Cc1ccc(S(=O)(=O)CCC(=O)OCC(=O)N2CC3(C)CC2CC(C)(C)C3)cc1. The minimum atomic E-state index is -3.56. The van der Waals surface area contributed by atoms with E-state index >= 15 is 0 Å². The number of amides is 1. The molecule has 2 atom stereocenters. The molecule has 1 aliphatic heterocycles. The van der Waals surface area contributed by atoms with Crippen molar-refractivity contribution in [3.63, 3.8) is 0 Å². The molecule has 3 rings (SSSR count). The van der Waals surface area contributed by atoms with E-state index in [9.17, 15) is 18.0 Å². The number of sulfone groups is 1. The van der Waals surface area contributed by atoms with Crippen LogP contribution < -0.4 is 0 Å². The van der Waals surface area contributed by atoms with Crippen LogP contribution in [0.2, 0.25) is 0 Å². The molecule has 160 valence electrons. The van der Waals surface area contributed by atoms with Gasteiger partial charge in [0.1, 0.15) is 0 Å². The van der Waals surface area contributed by atoms with Crippen molar-refractivity contribution >= 4 is 21.7 Å². The predicted octanol–water partition coefficient (Wildman–Crippen LogP) is 3.13. The molecule has 2 bridgehead atoms. The van der Waals surface area contributed by atoms with Gasteiger partial charge in [0.05, 0.1) is 17.1 Å². The zero-order valence-corrected chi connectivity index (χ0v) is 18.5. The van der Waals surface area contributed by atoms with Crippen LogP contribution in [0.4, 0.5) is 0 Å². The van der Waals surface area contributed by atoms with E-state index in [1.165, 1.54) is 12.1 Å². The number of ether oxygens (including phenoxy) is 1. The van der Waals surface area contributed by atoms with E-state index in [0.717, 1.165) is 24.8 Å². The van der Waals surface area contributed by atoms with Crippen LogP contribution in [0.3, 0.4) is 0 Å². The summed E-state index contributed by atoms with van der Waals surface area (Å²) in [7, 11) is -3.56. The van der Waals surface area contributed by atoms with Crippen molar-refractivity contribution in [1.82, 2.24) is 4.90 Å².